The van der Waals surface area contributed by atoms with Crippen molar-refractivity contribution in [3.63, 3.8) is 0 Å². The molecule has 0 radical (unpaired) electrons. The number of hydrogen-bond donors (Lipinski definition) is 1. The summed E-state index contributed by atoms with van der Waals surface area (Å²) >= 11 is 5.91. The molecule has 19 heavy (non-hydrogen) atoms. The molecule has 1 aliphatic rings. The molecular formula is C12H17Cl2N3O2. The second kappa shape index (κ2) is 7.05. The number of hydrogen-bond acceptors (Lipinski definition) is 4. The van der Waals surface area contributed by atoms with Crippen LogP contribution in [-0.2, 0) is 6.54 Å². The van der Waals surface area contributed by atoms with E-state index in [0.29, 0.717) is 6.04 Å². The standard InChI is InChI=1S/C12H16ClN3O2.ClH/c1-9-7-14-4-5-15(9)8-10-2-3-12(16(17)18)11(13)6-10;/h2-3,6,9,14H,4-5,7-8H2,1H3;1H. The zero-order valence-electron chi connectivity index (χ0n) is 10.6. The lowest BCUT2D eigenvalue weighted by Crippen LogP contribution is -2.49. The summed E-state index contributed by atoms with van der Waals surface area (Å²) < 4.78 is 0. The van der Waals surface area contributed by atoms with E-state index >= 15 is 0 Å². The fourth-order valence-corrected chi connectivity index (χ4v) is 2.42. The number of nitrogens with zero attached hydrogens (tertiary/aromatic N) is 2. The van der Waals surface area contributed by atoms with Crippen LogP contribution in [0.2, 0.25) is 5.02 Å². The summed E-state index contributed by atoms with van der Waals surface area (Å²) in [5.41, 5.74) is 0.980. The summed E-state index contributed by atoms with van der Waals surface area (Å²) in [7, 11) is 0. The molecule has 1 N–H and O–H groups in total. The van der Waals surface area contributed by atoms with Crippen molar-refractivity contribution in [2.75, 3.05) is 19.6 Å². The third kappa shape index (κ3) is 4.04. The van der Waals surface area contributed by atoms with Crippen molar-refractivity contribution >= 4 is 29.7 Å². The van der Waals surface area contributed by atoms with Gasteiger partial charge in [-0.1, -0.05) is 17.7 Å². The number of nitrogens with one attached hydrogen (secondary N) is 1. The Bertz CT molecular complexity index is 457. The van der Waals surface area contributed by atoms with Gasteiger partial charge in [-0.3, -0.25) is 15.0 Å². The van der Waals surface area contributed by atoms with E-state index in [1.807, 2.05) is 0 Å². The quantitative estimate of drug-likeness (QED) is 0.688. The molecule has 1 unspecified atom stereocenters. The summed E-state index contributed by atoms with van der Waals surface area (Å²) in [6.45, 7) is 5.88. The summed E-state index contributed by atoms with van der Waals surface area (Å²) in [5, 5.41) is 14.2. The largest absolute Gasteiger partial charge is 0.314 e. The highest BCUT2D eigenvalue weighted by molar-refractivity contribution is 6.32. The molecule has 1 heterocycles. The van der Waals surface area contributed by atoms with Gasteiger partial charge in [-0.15, -0.1) is 12.4 Å². The Kier molecular flexibility index (Phi) is 6.00. The van der Waals surface area contributed by atoms with Crippen molar-refractivity contribution in [1.29, 1.82) is 0 Å². The van der Waals surface area contributed by atoms with Gasteiger partial charge in [0.15, 0.2) is 0 Å². The molecule has 0 bridgehead atoms. The molecular weight excluding hydrogens is 289 g/mol. The lowest BCUT2D eigenvalue weighted by atomic mass is 10.1. The van der Waals surface area contributed by atoms with Gasteiger partial charge >= 0.3 is 0 Å². The lowest BCUT2D eigenvalue weighted by Gasteiger charge is -2.33. The van der Waals surface area contributed by atoms with E-state index < -0.39 is 4.92 Å². The van der Waals surface area contributed by atoms with Crippen LogP contribution in [0.3, 0.4) is 0 Å². The first kappa shape index (κ1) is 16.2. The molecule has 5 nitrogen and oxygen atoms in total. The van der Waals surface area contributed by atoms with Crippen molar-refractivity contribution in [2.24, 2.45) is 0 Å². The topological polar surface area (TPSA) is 58.4 Å². The van der Waals surface area contributed by atoms with Crippen LogP contribution < -0.4 is 5.32 Å². The molecule has 7 heteroatoms. The summed E-state index contributed by atoms with van der Waals surface area (Å²) in [6, 6.07) is 5.41. The van der Waals surface area contributed by atoms with Crippen molar-refractivity contribution < 1.29 is 4.92 Å². The number of nitro benzene ring substituents is 1. The second-order valence-electron chi connectivity index (χ2n) is 4.57. The molecule has 0 saturated carbocycles. The van der Waals surface area contributed by atoms with Crippen LogP contribution in [0, 0.1) is 10.1 Å². The first-order chi connectivity index (χ1) is 8.58. The second-order valence-corrected chi connectivity index (χ2v) is 4.97. The number of nitro groups is 1. The number of halogens is 2. The molecule has 0 amide bonds. The van der Waals surface area contributed by atoms with Gasteiger partial charge < -0.3 is 5.32 Å². The van der Waals surface area contributed by atoms with Crippen molar-refractivity contribution in [3.05, 3.63) is 38.9 Å². The van der Waals surface area contributed by atoms with Crippen molar-refractivity contribution in [3.8, 4) is 0 Å². The predicted octanol–water partition coefficient (Wildman–Crippen LogP) is 2.46. The molecule has 0 aliphatic carbocycles. The first-order valence-corrected chi connectivity index (χ1v) is 6.33. The maximum absolute atomic E-state index is 10.7. The van der Waals surface area contributed by atoms with Gasteiger partial charge in [0.05, 0.1) is 4.92 Å². The van der Waals surface area contributed by atoms with Crippen LogP contribution in [-0.4, -0.2) is 35.5 Å². The molecule has 1 aliphatic heterocycles. The fraction of sp³-hybridized carbons (Fsp3) is 0.500. The zero-order chi connectivity index (χ0) is 13.1. The average molecular weight is 306 g/mol. The maximum Gasteiger partial charge on any atom is 0.287 e. The molecule has 0 aromatic heterocycles. The average Bonchev–Trinajstić information content (AvgIpc) is 2.32. The third-order valence-electron chi connectivity index (χ3n) is 3.23. The van der Waals surface area contributed by atoms with E-state index in [-0.39, 0.29) is 23.1 Å². The van der Waals surface area contributed by atoms with E-state index in [2.05, 4.69) is 17.1 Å². The molecule has 0 spiro atoms. The zero-order valence-corrected chi connectivity index (χ0v) is 12.2. The number of benzene rings is 1. The van der Waals surface area contributed by atoms with Crippen LogP contribution in [0.15, 0.2) is 18.2 Å². The number of piperazine rings is 1. The Hall–Kier alpha value is -0.880. The normalized spacial score (nSPS) is 19.8. The van der Waals surface area contributed by atoms with E-state index in [4.69, 9.17) is 11.6 Å². The minimum Gasteiger partial charge on any atom is -0.314 e. The van der Waals surface area contributed by atoms with Crippen LogP contribution in [0.1, 0.15) is 12.5 Å². The van der Waals surface area contributed by atoms with Gasteiger partial charge in [0, 0.05) is 38.3 Å². The lowest BCUT2D eigenvalue weighted by molar-refractivity contribution is -0.384. The molecule has 1 fully saturated rings. The highest BCUT2D eigenvalue weighted by atomic mass is 35.5. The number of rotatable bonds is 3. The van der Waals surface area contributed by atoms with E-state index in [1.165, 1.54) is 6.07 Å². The molecule has 2 rings (SSSR count). The minimum atomic E-state index is -0.459. The van der Waals surface area contributed by atoms with Crippen molar-refractivity contribution in [2.45, 2.75) is 19.5 Å². The molecule has 1 aromatic rings. The van der Waals surface area contributed by atoms with E-state index in [1.54, 1.807) is 12.1 Å². The van der Waals surface area contributed by atoms with Gasteiger partial charge in [-0.05, 0) is 18.6 Å². The minimum absolute atomic E-state index is 0. The Morgan fingerprint density at radius 1 is 1.58 bits per heavy atom. The summed E-state index contributed by atoms with van der Waals surface area (Å²) in [5.74, 6) is 0. The molecule has 106 valence electrons. The smallest absolute Gasteiger partial charge is 0.287 e. The van der Waals surface area contributed by atoms with Gasteiger partial charge in [0.2, 0.25) is 0 Å². The maximum atomic E-state index is 10.7. The monoisotopic (exact) mass is 305 g/mol. The Morgan fingerprint density at radius 2 is 2.32 bits per heavy atom. The van der Waals surface area contributed by atoms with Gasteiger partial charge in [0.1, 0.15) is 5.02 Å². The Balaban J connectivity index is 0.00000180. The highest BCUT2D eigenvalue weighted by Gasteiger charge is 2.19. The van der Waals surface area contributed by atoms with Crippen LogP contribution in [0.5, 0.6) is 0 Å². The van der Waals surface area contributed by atoms with Gasteiger partial charge in [-0.25, -0.2) is 0 Å². The third-order valence-corrected chi connectivity index (χ3v) is 3.54. The summed E-state index contributed by atoms with van der Waals surface area (Å²) in [6.07, 6.45) is 0. The van der Waals surface area contributed by atoms with Gasteiger partial charge in [0.25, 0.3) is 5.69 Å². The molecule has 1 saturated heterocycles. The SMILES string of the molecule is CC1CNCCN1Cc1ccc([N+](=O)[O-])c(Cl)c1.Cl. The predicted molar refractivity (Wildman–Crippen MR) is 78.1 cm³/mol. The highest BCUT2D eigenvalue weighted by Crippen LogP contribution is 2.25. The summed E-state index contributed by atoms with van der Waals surface area (Å²) in [4.78, 5) is 12.6. The molecule has 1 aromatic carbocycles. The first-order valence-electron chi connectivity index (χ1n) is 5.95. The van der Waals surface area contributed by atoms with Crippen LogP contribution in [0.25, 0.3) is 0 Å². The van der Waals surface area contributed by atoms with Gasteiger partial charge in [-0.2, -0.15) is 0 Å². The fourth-order valence-electron chi connectivity index (χ4n) is 2.15. The van der Waals surface area contributed by atoms with Crippen LogP contribution in [0.4, 0.5) is 5.69 Å². The molecule has 1 atom stereocenters. The Morgan fingerprint density at radius 3 is 2.89 bits per heavy atom. The van der Waals surface area contributed by atoms with E-state index in [0.717, 1.165) is 31.7 Å². The van der Waals surface area contributed by atoms with E-state index in [9.17, 15) is 10.1 Å². The van der Waals surface area contributed by atoms with Crippen LogP contribution >= 0.6 is 24.0 Å². The Labute approximate surface area is 123 Å². The van der Waals surface area contributed by atoms with Crippen molar-refractivity contribution in [1.82, 2.24) is 10.2 Å².